The van der Waals surface area contributed by atoms with Gasteiger partial charge >= 0.3 is 6.03 Å². The van der Waals surface area contributed by atoms with Crippen LogP contribution >= 0.6 is 0 Å². The number of nitrogens with zero attached hydrogens (tertiary/aromatic N) is 2. The van der Waals surface area contributed by atoms with E-state index in [2.05, 4.69) is 96.1 Å². The second kappa shape index (κ2) is 9.85. The second-order valence-corrected chi connectivity index (χ2v) is 9.64. The highest BCUT2D eigenvalue weighted by Crippen LogP contribution is 2.37. The quantitative estimate of drug-likeness (QED) is 0.380. The first-order valence-electron chi connectivity index (χ1n) is 11.7. The Morgan fingerprint density at radius 1 is 0.848 bits per heavy atom. The Morgan fingerprint density at radius 3 is 1.85 bits per heavy atom. The largest absolute Gasteiger partial charge is 1.00 e. The fourth-order valence-electron chi connectivity index (χ4n) is 5.53. The van der Waals surface area contributed by atoms with Gasteiger partial charge in [-0.25, -0.2) is 4.79 Å². The lowest BCUT2D eigenvalue weighted by Gasteiger charge is -2.43. The molecule has 3 aromatic rings. The van der Waals surface area contributed by atoms with Gasteiger partial charge < -0.3 is 38.7 Å². The molecule has 5 rings (SSSR count). The Hall–Kier alpha value is -2.38. The van der Waals surface area contributed by atoms with Crippen LogP contribution in [0.2, 0.25) is 0 Å². The normalized spacial score (nSPS) is 24.1. The number of hydrogen-bond donors (Lipinski definition) is 1. The van der Waals surface area contributed by atoms with E-state index in [0.717, 1.165) is 48.1 Å². The van der Waals surface area contributed by atoms with E-state index >= 15 is 0 Å². The summed E-state index contributed by atoms with van der Waals surface area (Å²) in [4.78, 5) is 15.4. The first kappa shape index (κ1) is 23.8. The highest BCUT2D eigenvalue weighted by molar-refractivity contribution is 5.80. The molecule has 2 aliphatic heterocycles. The standard InChI is InChI=1S/C28H31N3O.HI/c1-31(21-23-11-5-2-6-12-23)19-17-26(18-20-31)30-22-28(29-27(30)32,24-13-7-3-8-14-24)25-15-9-4-10-16-25;/h2-16,26H,17-22H2,1H3;1H. The van der Waals surface area contributed by atoms with Crippen LogP contribution < -0.4 is 29.3 Å². The van der Waals surface area contributed by atoms with Crippen LogP contribution in [0.5, 0.6) is 0 Å². The molecule has 0 saturated carbocycles. The van der Waals surface area contributed by atoms with Crippen molar-refractivity contribution in [2.45, 2.75) is 31.0 Å². The molecule has 0 aromatic heterocycles. The molecule has 172 valence electrons. The summed E-state index contributed by atoms with van der Waals surface area (Å²) in [5.41, 5.74) is 3.17. The molecule has 0 spiro atoms. The predicted molar refractivity (Wildman–Crippen MR) is 128 cm³/mol. The third-order valence-electron chi connectivity index (χ3n) is 7.37. The average molecular weight is 553 g/mol. The molecule has 33 heavy (non-hydrogen) atoms. The zero-order chi connectivity index (χ0) is 22.0. The molecule has 2 aliphatic rings. The lowest BCUT2D eigenvalue weighted by Crippen LogP contribution is -3.00. The predicted octanol–water partition coefficient (Wildman–Crippen LogP) is 1.77. The highest BCUT2D eigenvalue weighted by atomic mass is 127. The number of carbonyl (C=O) groups is 1. The zero-order valence-electron chi connectivity index (χ0n) is 19.2. The van der Waals surface area contributed by atoms with Gasteiger partial charge in [0.25, 0.3) is 0 Å². The summed E-state index contributed by atoms with van der Waals surface area (Å²) in [6, 6.07) is 31.9. The van der Waals surface area contributed by atoms with E-state index in [0.29, 0.717) is 6.54 Å². The van der Waals surface area contributed by atoms with Crippen LogP contribution in [-0.4, -0.2) is 48.1 Å². The first-order valence-corrected chi connectivity index (χ1v) is 11.7. The van der Waals surface area contributed by atoms with Gasteiger partial charge in [-0.05, 0) is 11.1 Å². The van der Waals surface area contributed by atoms with Gasteiger partial charge in [0.2, 0.25) is 0 Å². The van der Waals surface area contributed by atoms with Crippen molar-refractivity contribution in [3.63, 3.8) is 0 Å². The van der Waals surface area contributed by atoms with Crippen LogP contribution in [0.3, 0.4) is 0 Å². The smallest absolute Gasteiger partial charge is 0.318 e. The Balaban J connectivity index is 0.00000259. The topological polar surface area (TPSA) is 32.3 Å². The van der Waals surface area contributed by atoms with Crippen molar-refractivity contribution < 1.29 is 33.3 Å². The summed E-state index contributed by atoms with van der Waals surface area (Å²) >= 11 is 0. The number of likely N-dealkylation sites (tertiary alicyclic amines) is 1. The molecular formula is C28H32IN3O. The summed E-state index contributed by atoms with van der Waals surface area (Å²) in [6.45, 7) is 3.91. The monoisotopic (exact) mass is 553 g/mol. The van der Waals surface area contributed by atoms with E-state index in [1.54, 1.807) is 0 Å². The highest BCUT2D eigenvalue weighted by Gasteiger charge is 2.48. The minimum absolute atomic E-state index is 0. The van der Waals surface area contributed by atoms with Gasteiger partial charge in [0.15, 0.2) is 0 Å². The minimum atomic E-state index is -0.501. The van der Waals surface area contributed by atoms with E-state index in [4.69, 9.17) is 0 Å². The van der Waals surface area contributed by atoms with Gasteiger partial charge in [0, 0.05) is 24.4 Å². The van der Waals surface area contributed by atoms with E-state index < -0.39 is 5.54 Å². The van der Waals surface area contributed by atoms with Crippen molar-refractivity contribution >= 4 is 6.03 Å². The van der Waals surface area contributed by atoms with Crippen molar-refractivity contribution in [1.82, 2.24) is 10.2 Å². The molecule has 1 N–H and O–H groups in total. The number of hydrogen-bond acceptors (Lipinski definition) is 1. The van der Waals surface area contributed by atoms with E-state index in [1.165, 1.54) is 5.56 Å². The lowest BCUT2D eigenvalue weighted by atomic mass is 9.83. The van der Waals surface area contributed by atoms with Crippen LogP contribution in [0.1, 0.15) is 29.5 Å². The fourth-order valence-corrected chi connectivity index (χ4v) is 5.53. The molecular weight excluding hydrogens is 521 g/mol. The fraction of sp³-hybridized carbons (Fsp3) is 0.321. The van der Waals surface area contributed by atoms with Gasteiger partial charge in [0.1, 0.15) is 12.1 Å². The second-order valence-electron chi connectivity index (χ2n) is 9.64. The van der Waals surface area contributed by atoms with Crippen molar-refractivity contribution in [3.05, 3.63) is 108 Å². The summed E-state index contributed by atoms with van der Waals surface area (Å²) in [5.74, 6) is 0. The SMILES string of the molecule is C[N+]1(Cc2ccccc2)CCC(N2CC(c3ccccc3)(c3ccccc3)NC2=O)CC1.[I-]. The maximum absolute atomic E-state index is 13.3. The number of amides is 2. The molecule has 2 fully saturated rings. The number of nitrogens with one attached hydrogen (secondary N) is 1. The number of halogens is 1. The van der Waals surface area contributed by atoms with Gasteiger partial charge in [-0.15, -0.1) is 0 Å². The van der Waals surface area contributed by atoms with Crippen molar-refractivity contribution in [2.24, 2.45) is 0 Å². The number of urea groups is 1. The Morgan fingerprint density at radius 2 is 1.33 bits per heavy atom. The average Bonchev–Trinajstić information content (AvgIpc) is 3.19. The third kappa shape index (κ3) is 4.80. The number of carbonyl (C=O) groups excluding carboxylic acids is 1. The number of benzene rings is 3. The number of quaternary nitrogens is 1. The molecule has 0 unspecified atom stereocenters. The van der Waals surface area contributed by atoms with Crippen LogP contribution in [0.25, 0.3) is 0 Å². The third-order valence-corrected chi connectivity index (χ3v) is 7.37. The van der Waals surface area contributed by atoms with Gasteiger partial charge in [0.05, 0.1) is 26.7 Å². The molecule has 5 heteroatoms. The van der Waals surface area contributed by atoms with Crippen molar-refractivity contribution in [3.8, 4) is 0 Å². The van der Waals surface area contributed by atoms with Crippen LogP contribution in [-0.2, 0) is 12.1 Å². The van der Waals surface area contributed by atoms with Crippen LogP contribution in [0.4, 0.5) is 4.79 Å². The maximum Gasteiger partial charge on any atom is 0.318 e. The minimum Gasteiger partial charge on any atom is -1.00 e. The summed E-state index contributed by atoms with van der Waals surface area (Å²) in [5, 5.41) is 3.39. The zero-order valence-corrected chi connectivity index (χ0v) is 21.3. The molecule has 0 bridgehead atoms. The van der Waals surface area contributed by atoms with E-state index in [-0.39, 0.29) is 36.0 Å². The van der Waals surface area contributed by atoms with E-state index in [1.807, 2.05) is 12.1 Å². The molecule has 0 radical (unpaired) electrons. The molecule has 3 aromatic carbocycles. The lowest BCUT2D eigenvalue weighted by molar-refractivity contribution is -0.927. The van der Waals surface area contributed by atoms with Crippen molar-refractivity contribution in [1.29, 1.82) is 0 Å². The Bertz CT molecular complexity index is 1010. The summed E-state index contributed by atoms with van der Waals surface area (Å²) in [7, 11) is 2.35. The number of piperidine rings is 1. The summed E-state index contributed by atoms with van der Waals surface area (Å²) < 4.78 is 1.04. The van der Waals surface area contributed by atoms with Crippen LogP contribution in [0, 0.1) is 0 Å². The molecule has 2 heterocycles. The first-order chi connectivity index (χ1) is 15.6. The van der Waals surface area contributed by atoms with Gasteiger partial charge in [-0.2, -0.15) is 0 Å². The molecule has 2 saturated heterocycles. The number of rotatable bonds is 5. The molecule has 2 amide bonds. The molecule has 0 atom stereocenters. The van der Waals surface area contributed by atoms with Crippen molar-refractivity contribution in [2.75, 3.05) is 26.7 Å². The van der Waals surface area contributed by atoms with Crippen LogP contribution in [0.15, 0.2) is 91.0 Å². The maximum atomic E-state index is 13.3. The van der Waals surface area contributed by atoms with Gasteiger partial charge in [-0.1, -0.05) is 91.0 Å². The Kier molecular flexibility index (Phi) is 7.10. The molecule has 0 aliphatic carbocycles. The summed E-state index contributed by atoms with van der Waals surface area (Å²) in [6.07, 6.45) is 2.08. The van der Waals surface area contributed by atoms with Gasteiger partial charge in [-0.3, -0.25) is 0 Å². The van der Waals surface area contributed by atoms with E-state index in [9.17, 15) is 4.79 Å². The Labute approximate surface area is 214 Å². The molecule has 4 nitrogen and oxygen atoms in total.